The van der Waals surface area contributed by atoms with Crippen LogP contribution in [0, 0.1) is 11.3 Å². The number of methoxy groups -OCH3 is 1. The molecule has 4 nitrogen and oxygen atoms in total. The number of hydrogen-bond donors (Lipinski definition) is 1. The lowest BCUT2D eigenvalue weighted by atomic mass is 10.1. The van der Waals surface area contributed by atoms with Gasteiger partial charge in [-0.3, -0.25) is 4.90 Å². The summed E-state index contributed by atoms with van der Waals surface area (Å²) in [6, 6.07) is 8.55. The summed E-state index contributed by atoms with van der Waals surface area (Å²) < 4.78 is 5.23. The number of likely N-dealkylation sites (tertiary alicyclic amines) is 1. The van der Waals surface area contributed by atoms with Gasteiger partial charge in [-0.2, -0.15) is 5.26 Å². The van der Waals surface area contributed by atoms with Crippen LogP contribution in [0.25, 0.3) is 0 Å². The topological polar surface area (TPSA) is 48.3 Å². The van der Waals surface area contributed by atoms with E-state index in [1.165, 1.54) is 19.4 Å². The van der Waals surface area contributed by atoms with Crippen LogP contribution in [-0.4, -0.2) is 37.7 Å². The van der Waals surface area contributed by atoms with Crippen LogP contribution in [-0.2, 0) is 6.54 Å². The first-order valence-electron chi connectivity index (χ1n) is 7.30. The van der Waals surface area contributed by atoms with Gasteiger partial charge in [0, 0.05) is 19.1 Å². The second-order valence-electron chi connectivity index (χ2n) is 5.20. The SMILES string of the molecule is CCN1CCCC1CNCc1ccc(C#N)c(OC)c1. The molecular formula is C16H23N3O. The molecule has 108 valence electrons. The summed E-state index contributed by atoms with van der Waals surface area (Å²) in [6.45, 7) is 6.43. The van der Waals surface area contributed by atoms with E-state index in [-0.39, 0.29) is 0 Å². The molecule has 1 saturated heterocycles. The van der Waals surface area contributed by atoms with Gasteiger partial charge in [0.25, 0.3) is 0 Å². The Balaban J connectivity index is 1.87. The zero-order valence-corrected chi connectivity index (χ0v) is 12.4. The molecule has 1 aromatic rings. The summed E-state index contributed by atoms with van der Waals surface area (Å²) in [5, 5.41) is 12.5. The Kier molecular flexibility index (Phi) is 5.40. The average Bonchev–Trinajstić information content (AvgIpc) is 2.94. The van der Waals surface area contributed by atoms with Gasteiger partial charge in [-0.15, -0.1) is 0 Å². The van der Waals surface area contributed by atoms with Crippen LogP contribution < -0.4 is 10.1 Å². The zero-order chi connectivity index (χ0) is 14.4. The molecular weight excluding hydrogens is 250 g/mol. The molecule has 1 aromatic carbocycles. The van der Waals surface area contributed by atoms with Crippen molar-refractivity contribution in [3.05, 3.63) is 29.3 Å². The number of rotatable bonds is 6. The Bertz CT molecular complexity index is 481. The van der Waals surface area contributed by atoms with E-state index in [0.717, 1.165) is 25.2 Å². The van der Waals surface area contributed by atoms with Crippen LogP contribution in [0.3, 0.4) is 0 Å². The summed E-state index contributed by atoms with van der Waals surface area (Å²) in [5.74, 6) is 0.655. The highest BCUT2D eigenvalue weighted by molar-refractivity contribution is 5.45. The van der Waals surface area contributed by atoms with E-state index >= 15 is 0 Å². The molecule has 20 heavy (non-hydrogen) atoms. The number of nitriles is 1. The summed E-state index contributed by atoms with van der Waals surface area (Å²) in [4.78, 5) is 2.53. The van der Waals surface area contributed by atoms with Crippen LogP contribution in [0.2, 0.25) is 0 Å². The van der Waals surface area contributed by atoms with Crippen molar-refractivity contribution in [1.29, 1.82) is 5.26 Å². The number of ether oxygens (including phenoxy) is 1. The highest BCUT2D eigenvalue weighted by Crippen LogP contribution is 2.19. The van der Waals surface area contributed by atoms with E-state index in [1.54, 1.807) is 7.11 Å². The van der Waals surface area contributed by atoms with Gasteiger partial charge in [-0.1, -0.05) is 13.0 Å². The lowest BCUT2D eigenvalue weighted by Crippen LogP contribution is -2.37. The Morgan fingerprint density at radius 1 is 1.50 bits per heavy atom. The molecule has 1 atom stereocenters. The molecule has 1 heterocycles. The van der Waals surface area contributed by atoms with Crippen LogP contribution >= 0.6 is 0 Å². The molecule has 0 aromatic heterocycles. The normalized spacial score (nSPS) is 18.9. The van der Waals surface area contributed by atoms with Gasteiger partial charge in [0.1, 0.15) is 11.8 Å². The largest absolute Gasteiger partial charge is 0.495 e. The predicted molar refractivity (Wildman–Crippen MR) is 79.7 cm³/mol. The van der Waals surface area contributed by atoms with Gasteiger partial charge in [0.05, 0.1) is 12.7 Å². The van der Waals surface area contributed by atoms with Crippen molar-refractivity contribution in [2.75, 3.05) is 26.7 Å². The Morgan fingerprint density at radius 3 is 3.05 bits per heavy atom. The lowest BCUT2D eigenvalue weighted by molar-refractivity contribution is 0.260. The van der Waals surface area contributed by atoms with E-state index in [4.69, 9.17) is 10.00 Å². The van der Waals surface area contributed by atoms with Crippen LogP contribution in [0.4, 0.5) is 0 Å². The maximum absolute atomic E-state index is 8.97. The summed E-state index contributed by atoms with van der Waals surface area (Å²) in [7, 11) is 1.60. The monoisotopic (exact) mass is 273 g/mol. The maximum atomic E-state index is 8.97. The predicted octanol–water partition coefficient (Wildman–Crippen LogP) is 2.14. The second kappa shape index (κ2) is 7.28. The first-order chi connectivity index (χ1) is 9.78. The Hall–Kier alpha value is -1.57. The smallest absolute Gasteiger partial charge is 0.136 e. The van der Waals surface area contributed by atoms with E-state index in [9.17, 15) is 0 Å². The molecule has 1 fully saturated rings. The van der Waals surface area contributed by atoms with E-state index < -0.39 is 0 Å². The summed E-state index contributed by atoms with van der Waals surface area (Å²) >= 11 is 0. The third kappa shape index (κ3) is 3.50. The first kappa shape index (κ1) is 14.8. The fraction of sp³-hybridized carbons (Fsp3) is 0.562. The second-order valence-corrected chi connectivity index (χ2v) is 5.20. The van der Waals surface area contributed by atoms with Crippen molar-refractivity contribution < 1.29 is 4.74 Å². The zero-order valence-electron chi connectivity index (χ0n) is 12.4. The fourth-order valence-corrected chi connectivity index (χ4v) is 2.86. The first-order valence-corrected chi connectivity index (χ1v) is 7.30. The molecule has 0 saturated carbocycles. The average molecular weight is 273 g/mol. The lowest BCUT2D eigenvalue weighted by Gasteiger charge is -2.23. The van der Waals surface area contributed by atoms with Gasteiger partial charge >= 0.3 is 0 Å². The van der Waals surface area contributed by atoms with Crippen molar-refractivity contribution in [2.45, 2.75) is 32.4 Å². The molecule has 1 aliphatic rings. The highest BCUT2D eigenvalue weighted by atomic mass is 16.5. The highest BCUT2D eigenvalue weighted by Gasteiger charge is 2.22. The molecule has 0 amide bonds. The molecule has 1 aliphatic heterocycles. The van der Waals surface area contributed by atoms with Crippen LogP contribution in [0.15, 0.2) is 18.2 Å². The molecule has 0 radical (unpaired) electrons. The standard InChI is InChI=1S/C16H23N3O/c1-3-19-8-4-5-15(19)12-18-11-13-6-7-14(10-17)16(9-13)20-2/h6-7,9,15,18H,3-5,8,11-12H2,1-2H3. The minimum absolute atomic E-state index is 0.587. The van der Waals surface area contributed by atoms with Gasteiger partial charge < -0.3 is 10.1 Å². The van der Waals surface area contributed by atoms with Crippen LogP contribution in [0.1, 0.15) is 30.9 Å². The third-order valence-corrected chi connectivity index (χ3v) is 4.00. The van der Waals surface area contributed by atoms with Crippen molar-refractivity contribution in [3.63, 3.8) is 0 Å². The minimum Gasteiger partial charge on any atom is -0.495 e. The number of nitrogens with zero attached hydrogens (tertiary/aromatic N) is 2. The van der Waals surface area contributed by atoms with Crippen molar-refractivity contribution >= 4 is 0 Å². The molecule has 0 spiro atoms. The molecule has 0 aliphatic carbocycles. The van der Waals surface area contributed by atoms with Crippen molar-refractivity contribution in [3.8, 4) is 11.8 Å². The molecule has 0 bridgehead atoms. The van der Waals surface area contributed by atoms with Crippen LogP contribution in [0.5, 0.6) is 5.75 Å². The Labute approximate surface area is 121 Å². The molecule has 1 unspecified atom stereocenters. The number of likely N-dealkylation sites (N-methyl/N-ethyl adjacent to an activating group) is 1. The van der Waals surface area contributed by atoms with Crippen molar-refractivity contribution in [2.24, 2.45) is 0 Å². The van der Waals surface area contributed by atoms with E-state index in [1.807, 2.05) is 18.2 Å². The fourth-order valence-electron chi connectivity index (χ4n) is 2.86. The quantitative estimate of drug-likeness (QED) is 0.862. The third-order valence-electron chi connectivity index (χ3n) is 4.00. The van der Waals surface area contributed by atoms with Gasteiger partial charge in [0.15, 0.2) is 0 Å². The van der Waals surface area contributed by atoms with Gasteiger partial charge in [0.2, 0.25) is 0 Å². The van der Waals surface area contributed by atoms with Gasteiger partial charge in [-0.25, -0.2) is 0 Å². The van der Waals surface area contributed by atoms with E-state index in [2.05, 4.69) is 23.2 Å². The number of benzene rings is 1. The summed E-state index contributed by atoms with van der Waals surface area (Å²) in [6.07, 6.45) is 2.60. The minimum atomic E-state index is 0.587. The van der Waals surface area contributed by atoms with E-state index in [0.29, 0.717) is 17.4 Å². The number of nitrogens with one attached hydrogen (secondary N) is 1. The Morgan fingerprint density at radius 2 is 2.35 bits per heavy atom. The number of hydrogen-bond acceptors (Lipinski definition) is 4. The maximum Gasteiger partial charge on any atom is 0.136 e. The van der Waals surface area contributed by atoms with Gasteiger partial charge in [-0.05, 0) is 43.6 Å². The molecule has 4 heteroatoms. The molecule has 1 N–H and O–H groups in total. The van der Waals surface area contributed by atoms with Crippen molar-refractivity contribution in [1.82, 2.24) is 10.2 Å². The molecule has 2 rings (SSSR count). The summed E-state index contributed by atoms with van der Waals surface area (Å²) in [5.41, 5.74) is 1.74.